The van der Waals surface area contributed by atoms with Crippen LogP contribution in [-0.2, 0) is 24.0 Å². The molecule has 76 heavy (non-hydrogen) atoms. The van der Waals surface area contributed by atoms with Crippen LogP contribution in [0.3, 0.4) is 0 Å². The number of allylic oxidation sites excluding steroid dienone is 10. The number of ketones is 5. The predicted octanol–water partition coefficient (Wildman–Crippen LogP) is 16.7. The van der Waals surface area contributed by atoms with Crippen LogP contribution in [0.5, 0.6) is 0 Å². The summed E-state index contributed by atoms with van der Waals surface area (Å²) in [6.45, 7) is 36.3. The summed E-state index contributed by atoms with van der Waals surface area (Å²) in [6.07, 6.45) is 8.00. The van der Waals surface area contributed by atoms with Crippen molar-refractivity contribution in [2.45, 2.75) is 143 Å². The van der Waals surface area contributed by atoms with Gasteiger partial charge in [-0.2, -0.15) is 0 Å². The van der Waals surface area contributed by atoms with Crippen LogP contribution >= 0.6 is 0 Å². The van der Waals surface area contributed by atoms with Gasteiger partial charge in [-0.1, -0.05) is 118 Å². The van der Waals surface area contributed by atoms with Gasteiger partial charge in [0.2, 0.25) is 0 Å². The van der Waals surface area contributed by atoms with E-state index in [0.29, 0.717) is 11.8 Å². The minimum Gasteiger partial charge on any atom is -0.359 e. The number of carbonyl (C=O) groups is 5. The van der Waals surface area contributed by atoms with Crippen molar-refractivity contribution in [2.24, 2.45) is 0 Å². The summed E-state index contributed by atoms with van der Waals surface area (Å²) in [6, 6.07) is 36.5. The van der Waals surface area contributed by atoms with Gasteiger partial charge in [-0.05, 0) is 204 Å². The van der Waals surface area contributed by atoms with Crippen molar-refractivity contribution in [2.75, 3.05) is 26.6 Å². The molecule has 5 aromatic carbocycles. The van der Waals surface area contributed by atoms with E-state index in [1.807, 2.05) is 127 Å². The number of rotatable bonds is 17. The highest BCUT2D eigenvalue weighted by molar-refractivity contribution is 5.90. The van der Waals surface area contributed by atoms with E-state index in [1.165, 1.54) is 45.9 Å². The molecule has 0 bridgehead atoms. The van der Waals surface area contributed by atoms with Gasteiger partial charge in [0.05, 0.1) is 0 Å². The fraction of sp³-hybridized carbons (Fsp3) is 0.318. The Hall–Kier alpha value is -7.85. The summed E-state index contributed by atoms with van der Waals surface area (Å²) in [7, 11) is 0. The Morgan fingerprint density at radius 1 is 0.342 bits per heavy atom. The summed E-state index contributed by atoms with van der Waals surface area (Å²) >= 11 is 0. The van der Waals surface area contributed by atoms with E-state index in [-0.39, 0.29) is 28.9 Å². The van der Waals surface area contributed by atoms with E-state index in [9.17, 15) is 24.0 Å². The van der Waals surface area contributed by atoms with E-state index in [4.69, 9.17) is 0 Å². The van der Waals surface area contributed by atoms with E-state index >= 15 is 0 Å². The molecule has 406 valence electrons. The lowest BCUT2D eigenvalue weighted by Gasteiger charge is -2.21. The van der Waals surface area contributed by atoms with Gasteiger partial charge >= 0.3 is 0 Å². The first kappa shape index (κ1) is 66.2. The normalized spacial score (nSPS) is 11.5. The molecule has 0 fully saturated rings. The van der Waals surface area contributed by atoms with Crippen molar-refractivity contribution in [3.63, 3.8) is 0 Å². The number of para-hydroxylation sites is 3. The monoisotopic (exact) mass is 1030 g/mol. The summed E-state index contributed by atoms with van der Waals surface area (Å²) in [5.41, 5.74) is 18.3. The smallest absolute Gasteiger partial charge is 0.154 e. The Morgan fingerprint density at radius 3 is 1.07 bits per heavy atom. The summed E-state index contributed by atoms with van der Waals surface area (Å²) in [5, 5.41) is 16.1. The Labute approximate surface area is 456 Å². The minimum absolute atomic E-state index is 0.0564. The molecule has 5 rings (SSSR count). The highest BCUT2D eigenvalue weighted by atomic mass is 16.1. The number of aryl methyl sites for hydroxylation is 5. The van der Waals surface area contributed by atoms with Crippen molar-refractivity contribution in [1.82, 2.24) is 0 Å². The lowest BCUT2D eigenvalue weighted by molar-refractivity contribution is -0.113. The molecule has 0 aliphatic rings. The molecule has 0 aliphatic heterocycles. The number of benzene rings is 5. The first-order chi connectivity index (χ1) is 35.6. The molecule has 0 atom stereocenters. The Bertz CT molecular complexity index is 2810. The summed E-state index contributed by atoms with van der Waals surface area (Å²) in [5.74, 6) is 1.20. The van der Waals surface area contributed by atoms with Crippen LogP contribution < -0.4 is 26.6 Å². The molecule has 0 unspecified atom stereocenters. The molecule has 0 aliphatic carbocycles. The van der Waals surface area contributed by atoms with Crippen LogP contribution in [0.15, 0.2) is 168 Å². The predicted molar refractivity (Wildman–Crippen MR) is 324 cm³/mol. The number of carbonyl (C=O) groups excluding carboxylic acids is 5. The third kappa shape index (κ3) is 28.6. The molecule has 0 aromatic heterocycles. The topological polar surface area (TPSA) is 146 Å². The van der Waals surface area contributed by atoms with Crippen LogP contribution in [0.2, 0.25) is 0 Å². The quantitative estimate of drug-likeness (QED) is 0.0571. The molecule has 5 aromatic rings. The zero-order valence-corrected chi connectivity index (χ0v) is 49.0. The molecule has 5 N–H and O–H groups in total. The third-order valence-electron chi connectivity index (χ3n) is 10.8. The minimum atomic E-state index is 0.0564. The van der Waals surface area contributed by atoms with E-state index in [2.05, 4.69) is 105 Å². The second-order valence-corrected chi connectivity index (χ2v) is 19.8. The van der Waals surface area contributed by atoms with Gasteiger partial charge in [0.1, 0.15) is 0 Å². The lowest BCUT2D eigenvalue weighted by atomic mass is 9.92. The largest absolute Gasteiger partial charge is 0.359 e. The van der Waals surface area contributed by atoms with Crippen LogP contribution in [0.4, 0.5) is 28.4 Å². The fourth-order valence-electron chi connectivity index (χ4n) is 7.71. The highest BCUT2D eigenvalue weighted by Gasteiger charge is 2.14. The summed E-state index contributed by atoms with van der Waals surface area (Å²) in [4.78, 5) is 54.4. The highest BCUT2D eigenvalue weighted by Crippen LogP contribution is 2.33. The van der Waals surface area contributed by atoms with Gasteiger partial charge in [0.25, 0.3) is 0 Å². The van der Waals surface area contributed by atoms with E-state index < -0.39 is 0 Å². The summed E-state index contributed by atoms with van der Waals surface area (Å²) < 4.78 is 0. The molecular weight excluding hydrogens is 943 g/mol. The number of hydrogen-bond donors (Lipinski definition) is 5. The zero-order chi connectivity index (χ0) is 57.7. The van der Waals surface area contributed by atoms with Crippen LogP contribution in [0.25, 0.3) is 0 Å². The van der Waals surface area contributed by atoms with Gasteiger partial charge in [0.15, 0.2) is 28.9 Å². The molecule has 0 spiro atoms. The SMILES string of the molecule is CC(=O)/C=C(/C)Nc1c(C(C)C)cccc1C(C)C.CC(=O)/C=C(/C)Nc1c(C)cc(C)cc1C.CC(=O)/C=C(/C)Nc1ccc(C)cc1.CC(=O)/C=C(/C)Nc1ccccc1.CC(=O)/C=C(/C)Nc1ccccc1C. The molecule has 0 radical (unpaired) electrons. The standard InChI is InChI=1S/C17H25NO.C14H19NO.2C12H15NO.C11H13NO/c1-11(2)15-8-7-9-16(12(3)4)17(15)18-13(5)10-14(6)19;1-9-6-10(2)14(11(3)7-9)15-12(4)8-13(5)16;1-9-4-6-12(7-5-9)13-10(2)8-11(3)14;1-9-6-4-5-7-12(9)13-10(2)8-11(3)14;1-9(8-10(2)13)12-11-6-4-3-5-7-11/h7-12,18H,1-6H3;6-8,15H,1-5H3;2*4-8,13H,1-3H3;3-8,12H,1-2H3/b13-10-;12-8-;2*10-8-;9-8-. The maximum absolute atomic E-state index is 11.2. The van der Waals surface area contributed by atoms with Gasteiger partial charge in [-0.3, -0.25) is 24.0 Å². The first-order valence-electron chi connectivity index (χ1n) is 25.8. The molecule has 0 saturated heterocycles. The van der Waals surface area contributed by atoms with E-state index in [0.717, 1.165) is 56.9 Å². The van der Waals surface area contributed by atoms with Crippen molar-refractivity contribution < 1.29 is 24.0 Å². The lowest BCUT2D eigenvalue weighted by Crippen LogP contribution is -2.07. The third-order valence-corrected chi connectivity index (χ3v) is 10.8. The van der Waals surface area contributed by atoms with Gasteiger partial charge in [-0.15, -0.1) is 0 Å². The molecule has 10 heteroatoms. The molecule has 10 nitrogen and oxygen atoms in total. The number of nitrogens with one attached hydrogen (secondary N) is 5. The Balaban J connectivity index is 0.000000478. The van der Waals surface area contributed by atoms with Crippen LogP contribution in [-0.4, -0.2) is 28.9 Å². The average molecular weight is 1030 g/mol. The van der Waals surface area contributed by atoms with Crippen molar-refractivity contribution in [3.8, 4) is 0 Å². The fourth-order valence-corrected chi connectivity index (χ4v) is 7.71. The first-order valence-corrected chi connectivity index (χ1v) is 25.8. The maximum Gasteiger partial charge on any atom is 0.154 e. The van der Waals surface area contributed by atoms with Gasteiger partial charge in [-0.25, -0.2) is 0 Å². The Kier molecular flexibility index (Phi) is 30.1. The molecule has 0 saturated carbocycles. The average Bonchev–Trinajstić information content (AvgIpc) is 3.29. The van der Waals surface area contributed by atoms with Crippen molar-refractivity contribution >= 4 is 57.4 Å². The Morgan fingerprint density at radius 2 is 0.684 bits per heavy atom. The second-order valence-electron chi connectivity index (χ2n) is 19.8. The van der Waals surface area contributed by atoms with Crippen LogP contribution in [0.1, 0.15) is 148 Å². The number of hydrogen-bond acceptors (Lipinski definition) is 10. The van der Waals surface area contributed by atoms with Gasteiger partial charge < -0.3 is 26.6 Å². The molecule has 0 heterocycles. The molecule has 0 amide bonds. The second kappa shape index (κ2) is 34.6. The van der Waals surface area contributed by atoms with Crippen LogP contribution in [0, 0.1) is 34.6 Å². The number of anilines is 5. The zero-order valence-electron chi connectivity index (χ0n) is 49.0. The van der Waals surface area contributed by atoms with Gasteiger partial charge in [0, 0.05) is 56.9 Å². The maximum atomic E-state index is 11.2. The van der Waals surface area contributed by atoms with E-state index in [1.54, 1.807) is 58.1 Å². The van der Waals surface area contributed by atoms with Crippen molar-refractivity contribution in [3.05, 3.63) is 207 Å². The van der Waals surface area contributed by atoms with Crippen molar-refractivity contribution in [1.29, 1.82) is 0 Å². The molecular formula is C66H87N5O5.